The van der Waals surface area contributed by atoms with E-state index in [4.69, 9.17) is 0 Å². The molecule has 6 heteroatoms. The first-order valence-corrected chi connectivity index (χ1v) is 9.90. The number of nitrogens with zero attached hydrogens (tertiary/aromatic N) is 2. The number of nitrogens with one attached hydrogen (secondary N) is 1. The Balaban J connectivity index is 1.24. The first kappa shape index (κ1) is 16.1. The molecular weight excluding hydrogens is 330 g/mol. The minimum atomic E-state index is -0.261. The van der Waals surface area contributed by atoms with Crippen LogP contribution >= 0.6 is 0 Å². The van der Waals surface area contributed by atoms with Gasteiger partial charge in [-0.2, -0.15) is 0 Å². The Hall–Kier alpha value is -2.11. The summed E-state index contributed by atoms with van der Waals surface area (Å²) in [6.45, 7) is 1.25. The summed E-state index contributed by atoms with van der Waals surface area (Å²) in [5.41, 5.74) is 0.172. The largest absolute Gasteiger partial charge is 0.336 e. The van der Waals surface area contributed by atoms with E-state index in [1.54, 1.807) is 6.07 Å². The molecule has 2 aliphatic carbocycles. The molecule has 1 N–H and O–H groups in total. The molecule has 4 aliphatic rings. The van der Waals surface area contributed by atoms with Gasteiger partial charge in [-0.05, 0) is 56.4 Å². The average Bonchev–Trinajstić information content (AvgIpc) is 3.15. The molecule has 3 heterocycles. The van der Waals surface area contributed by atoms with E-state index in [-0.39, 0.29) is 29.5 Å². The maximum absolute atomic E-state index is 13.0. The number of hydrogen-bond donors (Lipinski definition) is 1. The summed E-state index contributed by atoms with van der Waals surface area (Å²) in [5, 5.41) is 0. The molecule has 0 aromatic carbocycles. The predicted molar refractivity (Wildman–Crippen MR) is 95.6 cm³/mol. The number of aromatic amines is 1. The number of carbonyl (C=O) groups is 2. The number of fused-ring (bicyclic) bond motifs is 3. The van der Waals surface area contributed by atoms with Crippen LogP contribution in [-0.2, 0) is 4.79 Å². The fraction of sp³-hybridized carbons (Fsp3) is 0.650. The Kier molecular flexibility index (Phi) is 3.69. The molecule has 1 aromatic rings. The number of amides is 2. The number of piperazine rings is 1. The molecule has 2 aliphatic heterocycles. The van der Waals surface area contributed by atoms with Gasteiger partial charge in [-0.3, -0.25) is 14.4 Å². The van der Waals surface area contributed by atoms with E-state index in [1.807, 2.05) is 9.80 Å². The molecule has 0 spiro atoms. The number of rotatable bonds is 2. The number of likely N-dealkylation sites (tertiary alicyclic amines) is 2. The molecule has 2 saturated carbocycles. The Labute approximate surface area is 152 Å². The molecule has 138 valence electrons. The van der Waals surface area contributed by atoms with E-state index >= 15 is 0 Å². The molecule has 0 radical (unpaired) electrons. The van der Waals surface area contributed by atoms with Crippen molar-refractivity contribution in [2.24, 2.45) is 17.8 Å². The predicted octanol–water partition coefficient (Wildman–Crippen LogP) is 1.63. The van der Waals surface area contributed by atoms with Gasteiger partial charge in [0.2, 0.25) is 11.5 Å². The van der Waals surface area contributed by atoms with Gasteiger partial charge in [-0.1, -0.05) is 0 Å². The lowest BCUT2D eigenvalue weighted by Gasteiger charge is -2.36. The number of aromatic nitrogens is 1. The first-order chi connectivity index (χ1) is 12.6. The third kappa shape index (κ3) is 2.66. The van der Waals surface area contributed by atoms with Gasteiger partial charge in [-0.25, -0.2) is 0 Å². The Morgan fingerprint density at radius 1 is 0.962 bits per heavy atom. The van der Waals surface area contributed by atoms with Crippen LogP contribution in [0.25, 0.3) is 0 Å². The van der Waals surface area contributed by atoms with Gasteiger partial charge in [0.25, 0.3) is 5.91 Å². The highest BCUT2D eigenvalue weighted by molar-refractivity contribution is 5.95. The van der Waals surface area contributed by atoms with Crippen LogP contribution in [0.3, 0.4) is 0 Å². The van der Waals surface area contributed by atoms with Crippen LogP contribution in [0.4, 0.5) is 0 Å². The minimum absolute atomic E-state index is 0.0924. The maximum Gasteiger partial charge on any atom is 0.254 e. The molecule has 5 atom stereocenters. The van der Waals surface area contributed by atoms with Crippen LogP contribution in [-0.4, -0.2) is 51.8 Å². The number of pyridine rings is 1. The summed E-state index contributed by atoms with van der Waals surface area (Å²) in [5.74, 6) is 2.21. The molecule has 2 saturated heterocycles. The summed E-state index contributed by atoms with van der Waals surface area (Å²) in [7, 11) is 0. The van der Waals surface area contributed by atoms with Crippen LogP contribution in [0.15, 0.2) is 23.1 Å². The summed E-state index contributed by atoms with van der Waals surface area (Å²) in [6.07, 6.45) is 8.29. The van der Waals surface area contributed by atoms with Crippen molar-refractivity contribution in [2.75, 3.05) is 13.1 Å². The fourth-order valence-electron chi connectivity index (χ4n) is 5.40. The monoisotopic (exact) mass is 355 g/mol. The Morgan fingerprint density at radius 2 is 1.65 bits per heavy atom. The lowest BCUT2D eigenvalue weighted by atomic mass is 9.96. The molecular formula is C20H25N3O3. The molecule has 1 aromatic heterocycles. The standard InChI is InChI=1S/C20H25N3O3/c24-18-8-15(5-6-21-18)20(26)23-11-16-9-17(23)10-22(16)19(25)12-1-3-13-7-14(13)4-2-12/h5-6,8,12-14,16-17H,1-4,7,9-11H2,(H,21,24)/t12?,13-,14+,16-,17-/m0/s1. The van der Waals surface area contributed by atoms with Gasteiger partial charge < -0.3 is 14.8 Å². The highest BCUT2D eigenvalue weighted by Gasteiger charge is 2.49. The zero-order valence-electron chi connectivity index (χ0n) is 14.9. The molecule has 26 heavy (non-hydrogen) atoms. The summed E-state index contributed by atoms with van der Waals surface area (Å²) in [4.78, 5) is 43.7. The second-order valence-corrected chi connectivity index (χ2v) is 8.54. The van der Waals surface area contributed by atoms with Gasteiger partial charge in [0.15, 0.2) is 0 Å². The second-order valence-electron chi connectivity index (χ2n) is 8.54. The van der Waals surface area contributed by atoms with Crippen molar-refractivity contribution in [1.29, 1.82) is 0 Å². The van der Waals surface area contributed by atoms with E-state index in [9.17, 15) is 14.4 Å². The van der Waals surface area contributed by atoms with Crippen LogP contribution in [0, 0.1) is 17.8 Å². The molecule has 1 unspecified atom stereocenters. The summed E-state index contributed by atoms with van der Waals surface area (Å²) < 4.78 is 0. The van der Waals surface area contributed by atoms with Gasteiger partial charge >= 0.3 is 0 Å². The van der Waals surface area contributed by atoms with E-state index in [2.05, 4.69) is 4.98 Å². The van der Waals surface area contributed by atoms with E-state index < -0.39 is 0 Å². The molecule has 4 fully saturated rings. The van der Waals surface area contributed by atoms with Crippen molar-refractivity contribution in [2.45, 2.75) is 50.6 Å². The second kappa shape index (κ2) is 5.96. The van der Waals surface area contributed by atoms with Crippen LogP contribution in [0.1, 0.15) is 48.9 Å². The number of carbonyl (C=O) groups excluding carboxylic acids is 2. The van der Waals surface area contributed by atoms with Gasteiger partial charge in [-0.15, -0.1) is 0 Å². The average molecular weight is 355 g/mol. The summed E-state index contributed by atoms with van der Waals surface area (Å²) in [6, 6.07) is 3.25. The van der Waals surface area contributed by atoms with Crippen LogP contribution < -0.4 is 5.56 Å². The lowest BCUT2D eigenvalue weighted by molar-refractivity contribution is -0.138. The normalized spacial score (nSPS) is 35.2. The van der Waals surface area contributed by atoms with E-state index in [0.717, 1.165) is 31.1 Å². The van der Waals surface area contributed by atoms with Crippen molar-refractivity contribution < 1.29 is 9.59 Å². The van der Waals surface area contributed by atoms with Crippen LogP contribution in [0.5, 0.6) is 0 Å². The Bertz CT molecular complexity index is 791. The maximum atomic E-state index is 13.0. The SMILES string of the molecule is O=C(c1cc[nH]c(=O)c1)N1C[C@@H]2C[C@H]1CN2C(=O)C1CC[C@@H]2C[C@@H]2CC1. The fourth-order valence-corrected chi connectivity index (χ4v) is 5.40. The summed E-state index contributed by atoms with van der Waals surface area (Å²) >= 11 is 0. The lowest BCUT2D eigenvalue weighted by Crippen LogP contribution is -2.52. The third-order valence-electron chi connectivity index (χ3n) is 7.00. The van der Waals surface area contributed by atoms with Crippen molar-refractivity contribution >= 4 is 11.8 Å². The highest BCUT2D eigenvalue weighted by Crippen LogP contribution is 2.49. The van der Waals surface area contributed by atoms with Crippen molar-refractivity contribution in [3.05, 3.63) is 34.2 Å². The van der Waals surface area contributed by atoms with E-state index in [0.29, 0.717) is 24.6 Å². The Morgan fingerprint density at radius 3 is 2.31 bits per heavy atom. The number of hydrogen-bond acceptors (Lipinski definition) is 3. The van der Waals surface area contributed by atoms with Crippen molar-refractivity contribution in [1.82, 2.24) is 14.8 Å². The number of H-pyrrole nitrogens is 1. The molecule has 5 rings (SSSR count). The third-order valence-corrected chi connectivity index (χ3v) is 7.00. The molecule has 6 nitrogen and oxygen atoms in total. The first-order valence-electron chi connectivity index (χ1n) is 9.90. The molecule has 2 amide bonds. The zero-order chi connectivity index (χ0) is 17.8. The van der Waals surface area contributed by atoms with Gasteiger partial charge in [0.1, 0.15) is 0 Å². The quantitative estimate of drug-likeness (QED) is 0.876. The minimum Gasteiger partial charge on any atom is -0.336 e. The van der Waals surface area contributed by atoms with Crippen molar-refractivity contribution in [3.63, 3.8) is 0 Å². The smallest absolute Gasteiger partial charge is 0.254 e. The topological polar surface area (TPSA) is 73.5 Å². The zero-order valence-corrected chi connectivity index (χ0v) is 14.9. The van der Waals surface area contributed by atoms with E-state index in [1.165, 1.54) is 31.5 Å². The van der Waals surface area contributed by atoms with Crippen LogP contribution in [0.2, 0.25) is 0 Å². The highest BCUT2D eigenvalue weighted by atomic mass is 16.2. The van der Waals surface area contributed by atoms with Gasteiger partial charge in [0, 0.05) is 36.8 Å². The molecule has 2 bridgehead atoms. The van der Waals surface area contributed by atoms with Crippen molar-refractivity contribution in [3.8, 4) is 0 Å². The van der Waals surface area contributed by atoms with Gasteiger partial charge in [0.05, 0.1) is 12.1 Å².